The van der Waals surface area contributed by atoms with Crippen LogP contribution in [0.1, 0.15) is 19.8 Å². The third-order valence-corrected chi connectivity index (χ3v) is 3.93. The topological polar surface area (TPSA) is 44.9 Å². The van der Waals surface area contributed by atoms with Crippen molar-refractivity contribution >= 4 is 38.4 Å². The molecule has 0 saturated heterocycles. The summed E-state index contributed by atoms with van der Waals surface area (Å²) in [6, 6.07) is 5.98. The van der Waals surface area contributed by atoms with Crippen molar-refractivity contribution in [1.29, 1.82) is 0 Å². The highest BCUT2D eigenvalue weighted by molar-refractivity contribution is 9.10. The summed E-state index contributed by atoms with van der Waals surface area (Å²) in [6.45, 7) is 2.01. The molecular formula is C13H13BrN2O. The van der Waals surface area contributed by atoms with E-state index in [0.29, 0.717) is 0 Å². The molecule has 0 bridgehead atoms. The highest BCUT2D eigenvalue weighted by Gasteiger charge is 2.44. The van der Waals surface area contributed by atoms with Crippen LogP contribution in [0.15, 0.2) is 28.9 Å². The Balaban J connectivity index is 1.95. The lowest BCUT2D eigenvalue weighted by atomic mass is 10.1. The third-order valence-electron chi connectivity index (χ3n) is 3.44. The minimum atomic E-state index is -0.143. The number of anilines is 1. The standard InChI is InChI=1S/C13H13BrN2O/c1-13(4-5-13)12(17)16-11-7-15-10-3-2-8(14)6-9(10)11/h2-3,6-7,15H,4-5H2,1H3,(H,16,17). The maximum atomic E-state index is 12.0. The highest BCUT2D eigenvalue weighted by Crippen LogP contribution is 2.46. The predicted octanol–water partition coefficient (Wildman–Crippen LogP) is 3.67. The average molecular weight is 293 g/mol. The molecule has 1 aromatic heterocycles. The fraction of sp³-hybridized carbons (Fsp3) is 0.308. The molecular weight excluding hydrogens is 280 g/mol. The van der Waals surface area contributed by atoms with Crippen LogP contribution in [-0.4, -0.2) is 10.9 Å². The lowest BCUT2D eigenvalue weighted by Gasteiger charge is -2.08. The molecule has 1 saturated carbocycles. The number of benzene rings is 1. The van der Waals surface area contributed by atoms with E-state index >= 15 is 0 Å². The van der Waals surface area contributed by atoms with E-state index in [9.17, 15) is 4.79 Å². The number of amides is 1. The smallest absolute Gasteiger partial charge is 0.230 e. The molecule has 3 nitrogen and oxygen atoms in total. The van der Waals surface area contributed by atoms with Gasteiger partial charge in [-0.3, -0.25) is 4.79 Å². The predicted molar refractivity (Wildman–Crippen MR) is 72.0 cm³/mol. The second-order valence-corrected chi connectivity index (χ2v) is 5.82. The van der Waals surface area contributed by atoms with Gasteiger partial charge in [0.15, 0.2) is 0 Å². The van der Waals surface area contributed by atoms with Crippen LogP contribution in [-0.2, 0) is 4.79 Å². The summed E-state index contributed by atoms with van der Waals surface area (Å²) in [7, 11) is 0. The Morgan fingerprint density at radius 1 is 1.47 bits per heavy atom. The summed E-state index contributed by atoms with van der Waals surface area (Å²) in [6.07, 6.45) is 3.83. The molecule has 0 radical (unpaired) electrons. The van der Waals surface area contributed by atoms with E-state index < -0.39 is 0 Å². The monoisotopic (exact) mass is 292 g/mol. The summed E-state index contributed by atoms with van der Waals surface area (Å²) in [5, 5.41) is 4.04. The maximum Gasteiger partial charge on any atom is 0.230 e. The van der Waals surface area contributed by atoms with Gasteiger partial charge in [-0.1, -0.05) is 22.9 Å². The van der Waals surface area contributed by atoms with Gasteiger partial charge in [0.05, 0.1) is 5.69 Å². The number of H-pyrrole nitrogens is 1. The Kier molecular flexibility index (Phi) is 2.30. The lowest BCUT2D eigenvalue weighted by molar-refractivity contribution is -0.120. The fourth-order valence-corrected chi connectivity index (χ4v) is 2.25. The summed E-state index contributed by atoms with van der Waals surface area (Å²) >= 11 is 3.44. The van der Waals surface area contributed by atoms with Crippen LogP contribution in [0.3, 0.4) is 0 Å². The van der Waals surface area contributed by atoms with Crippen LogP contribution < -0.4 is 5.32 Å². The molecule has 0 unspecified atom stereocenters. The number of carbonyl (C=O) groups excluding carboxylic acids is 1. The molecule has 1 aromatic carbocycles. The number of fused-ring (bicyclic) bond motifs is 1. The van der Waals surface area contributed by atoms with E-state index in [4.69, 9.17) is 0 Å². The number of hydrogen-bond acceptors (Lipinski definition) is 1. The summed E-state index contributed by atoms with van der Waals surface area (Å²) in [4.78, 5) is 15.1. The molecule has 1 aliphatic carbocycles. The Bertz CT molecular complexity index is 598. The van der Waals surface area contributed by atoms with Gasteiger partial charge < -0.3 is 10.3 Å². The van der Waals surface area contributed by atoms with Crippen molar-refractivity contribution in [2.24, 2.45) is 5.41 Å². The van der Waals surface area contributed by atoms with Gasteiger partial charge in [0.1, 0.15) is 0 Å². The average Bonchev–Trinajstić information content (AvgIpc) is 2.94. The quantitative estimate of drug-likeness (QED) is 0.872. The molecule has 1 aliphatic rings. The molecule has 3 rings (SSSR count). The number of aromatic amines is 1. The molecule has 1 heterocycles. The summed E-state index contributed by atoms with van der Waals surface area (Å²) in [5.41, 5.74) is 1.75. The molecule has 2 aromatic rings. The van der Waals surface area contributed by atoms with Gasteiger partial charge in [0, 0.05) is 27.0 Å². The second kappa shape index (κ2) is 3.60. The highest BCUT2D eigenvalue weighted by atomic mass is 79.9. The molecule has 0 aliphatic heterocycles. The van der Waals surface area contributed by atoms with Gasteiger partial charge in [-0.15, -0.1) is 0 Å². The van der Waals surface area contributed by atoms with Crippen LogP contribution in [0.4, 0.5) is 5.69 Å². The first kappa shape index (κ1) is 10.8. The molecule has 1 amide bonds. The summed E-state index contributed by atoms with van der Waals surface area (Å²) in [5.74, 6) is 0.123. The van der Waals surface area contributed by atoms with Gasteiger partial charge in [-0.25, -0.2) is 0 Å². The van der Waals surface area contributed by atoms with Gasteiger partial charge in [0.25, 0.3) is 0 Å². The van der Waals surface area contributed by atoms with E-state index in [0.717, 1.165) is 33.9 Å². The van der Waals surface area contributed by atoms with Crippen molar-refractivity contribution in [2.75, 3.05) is 5.32 Å². The van der Waals surface area contributed by atoms with Crippen molar-refractivity contribution in [3.8, 4) is 0 Å². The van der Waals surface area contributed by atoms with E-state index in [-0.39, 0.29) is 11.3 Å². The van der Waals surface area contributed by atoms with E-state index in [1.54, 1.807) is 0 Å². The van der Waals surface area contributed by atoms with Crippen molar-refractivity contribution in [3.05, 3.63) is 28.9 Å². The first-order valence-electron chi connectivity index (χ1n) is 5.67. The van der Waals surface area contributed by atoms with Crippen LogP contribution in [0.2, 0.25) is 0 Å². The van der Waals surface area contributed by atoms with E-state index in [1.807, 2.05) is 31.3 Å². The number of aromatic nitrogens is 1. The minimum Gasteiger partial charge on any atom is -0.359 e. The molecule has 1 fully saturated rings. The Hall–Kier alpha value is -1.29. The lowest BCUT2D eigenvalue weighted by Crippen LogP contribution is -2.21. The summed E-state index contributed by atoms with van der Waals surface area (Å²) < 4.78 is 1.01. The van der Waals surface area contributed by atoms with E-state index in [1.165, 1.54) is 0 Å². The van der Waals surface area contributed by atoms with Gasteiger partial charge in [-0.05, 0) is 31.0 Å². The Morgan fingerprint density at radius 3 is 2.94 bits per heavy atom. The zero-order chi connectivity index (χ0) is 12.0. The largest absolute Gasteiger partial charge is 0.359 e. The first-order valence-corrected chi connectivity index (χ1v) is 6.46. The molecule has 17 heavy (non-hydrogen) atoms. The van der Waals surface area contributed by atoms with Gasteiger partial charge >= 0.3 is 0 Å². The first-order chi connectivity index (χ1) is 8.08. The molecule has 0 spiro atoms. The zero-order valence-electron chi connectivity index (χ0n) is 9.51. The Labute approximate surface area is 108 Å². The van der Waals surface area contributed by atoms with Gasteiger partial charge in [-0.2, -0.15) is 0 Å². The number of carbonyl (C=O) groups is 1. The van der Waals surface area contributed by atoms with Crippen LogP contribution in [0, 0.1) is 5.41 Å². The van der Waals surface area contributed by atoms with Gasteiger partial charge in [0.2, 0.25) is 5.91 Å². The SMILES string of the molecule is CC1(C(=O)Nc2c[nH]c3ccc(Br)cc23)CC1. The maximum absolute atomic E-state index is 12.0. The van der Waals surface area contributed by atoms with E-state index in [2.05, 4.69) is 26.2 Å². The number of nitrogens with one attached hydrogen (secondary N) is 2. The van der Waals surface area contributed by atoms with Crippen LogP contribution in [0.25, 0.3) is 10.9 Å². The number of hydrogen-bond donors (Lipinski definition) is 2. The molecule has 2 N–H and O–H groups in total. The third kappa shape index (κ3) is 1.86. The zero-order valence-corrected chi connectivity index (χ0v) is 11.1. The fourth-order valence-electron chi connectivity index (χ4n) is 1.88. The van der Waals surface area contributed by atoms with Crippen molar-refractivity contribution in [3.63, 3.8) is 0 Å². The van der Waals surface area contributed by atoms with Crippen LogP contribution >= 0.6 is 15.9 Å². The molecule has 0 atom stereocenters. The number of halogens is 1. The minimum absolute atomic E-state index is 0.123. The Morgan fingerprint density at radius 2 is 2.24 bits per heavy atom. The second-order valence-electron chi connectivity index (χ2n) is 4.91. The van der Waals surface area contributed by atoms with Crippen molar-refractivity contribution in [1.82, 2.24) is 4.98 Å². The van der Waals surface area contributed by atoms with Crippen molar-refractivity contribution < 1.29 is 4.79 Å². The van der Waals surface area contributed by atoms with Crippen LogP contribution in [0.5, 0.6) is 0 Å². The molecule has 88 valence electrons. The normalized spacial score (nSPS) is 17.1. The molecule has 4 heteroatoms. The number of rotatable bonds is 2. The van der Waals surface area contributed by atoms with Crippen molar-refractivity contribution in [2.45, 2.75) is 19.8 Å².